The molecule has 0 unspecified atom stereocenters. The van der Waals surface area contributed by atoms with Gasteiger partial charge in [-0.1, -0.05) is 27.7 Å². The maximum Gasteiger partial charge on any atom is 0.191 e. The fourth-order valence-corrected chi connectivity index (χ4v) is 2.30. The van der Waals surface area contributed by atoms with Crippen molar-refractivity contribution in [2.45, 2.75) is 47.0 Å². The highest BCUT2D eigenvalue weighted by Crippen LogP contribution is 2.34. The van der Waals surface area contributed by atoms with Crippen LogP contribution in [0.15, 0.2) is 4.99 Å². The van der Waals surface area contributed by atoms with E-state index in [0.29, 0.717) is 5.41 Å². The number of rotatable bonds is 2. The fourth-order valence-electron chi connectivity index (χ4n) is 2.30. The number of likely N-dealkylation sites (tertiary alicyclic amines) is 1. The van der Waals surface area contributed by atoms with Crippen LogP contribution in [0.1, 0.15) is 47.0 Å². The van der Waals surface area contributed by atoms with E-state index in [1.807, 2.05) is 0 Å². The zero-order chi connectivity index (χ0) is 12.2. The van der Waals surface area contributed by atoms with E-state index in [-0.39, 0.29) is 0 Å². The van der Waals surface area contributed by atoms with Crippen molar-refractivity contribution in [1.29, 1.82) is 0 Å². The molecule has 3 nitrogen and oxygen atoms in total. The summed E-state index contributed by atoms with van der Waals surface area (Å²) in [7, 11) is 0. The zero-order valence-corrected chi connectivity index (χ0v) is 11.3. The van der Waals surface area contributed by atoms with Gasteiger partial charge in [-0.05, 0) is 30.6 Å². The molecule has 94 valence electrons. The molecule has 1 saturated heterocycles. The van der Waals surface area contributed by atoms with Gasteiger partial charge >= 0.3 is 0 Å². The Morgan fingerprint density at radius 2 is 1.88 bits per heavy atom. The molecule has 1 heterocycles. The normalized spacial score (nSPS) is 20.2. The SMILES string of the molecule is CCCN=C(N)N1CCC(C(C)(C)C)CC1. The maximum atomic E-state index is 5.96. The largest absolute Gasteiger partial charge is 0.370 e. The van der Waals surface area contributed by atoms with E-state index < -0.39 is 0 Å². The summed E-state index contributed by atoms with van der Waals surface area (Å²) in [6.45, 7) is 12.1. The minimum absolute atomic E-state index is 0.432. The lowest BCUT2D eigenvalue weighted by atomic mass is 9.75. The summed E-state index contributed by atoms with van der Waals surface area (Å²) < 4.78 is 0. The Balaban J connectivity index is 2.43. The van der Waals surface area contributed by atoms with Crippen molar-refractivity contribution >= 4 is 5.96 Å². The van der Waals surface area contributed by atoms with Gasteiger partial charge in [0.15, 0.2) is 5.96 Å². The van der Waals surface area contributed by atoms with Crippen molar-refractivity contribution in [3.05, 3.63) is 0 Å². The zero-order valence-electron chi connectivity index (χ0n) is 11.3. The number of hydrogen-bond acceptors (Lipinski definition) is 1. The summed E-state index contributed by atoms with van der Waals surface area (Å²) in [5.74, 6) is 1.57. The number of nitrogens with two attached hydrogens (primary N) is 1. The number of aliphatic imine (C=N–C) groups is 1. The summed E-state index contributed by atoms with van der Waals surface area (Å²) in [4.78, 5) is 6.61. The Labute approximate surface area is 100 Å². The highest BCUT2D eigenvalue weighted by Gasteiger charge is 2.29. The third kappa shape index (κ3) is 3.69. The first-order valence-corrected chi connectivity index (χ1v) is 6.50. The van der Waals surface area contributed by atoms with Crippen LogP contribution in [0.5, 0.6) is 0 Å². The van der Waals surface area contributed by atoms with Crippen LogP contribution in [0.4, 0.5) is 0 Å². The Kier molecular flexibility index (Phi) is 4.63. The van der Waals surface area contributed by atoms with Gasteiger partial charge in [-0.3, -0.25) is 4.99 Å². The lowest BCUT2D eigenvalue weighted by molar-refractivity contribution is 0.148. The van der Waals surface area contributed by atoms with Crippen molar-refractivity contribution in [2.75, 3.05) is 19.6 Å². The molecule has 16 heavy (non-hydrogen) atoms. The van der Waals surface area contributed by atoms with Crippen LogP contribution < -0.4 is 5.73 Å². The summed E-state index contributed by atoms with van der Waals surface area (Å²) >= 11 is 0. The Hall–Kier alpha value is -0.730. The molecular formula is C13H27N3. The molecule has 1 rings (SSSR count). The van der Waals surface area contributed by atoms with Crippen LogP contribution in [0.2, 0.25) is 0 Å². The van der Waals surface area contributed by atoms with Gasteiger partial charge in [-0.15, -0.1) is 0 Å². The molecule has 0 saturated carbocycles. The fraction of sp³-hybridized carbons (Fsp3) is 0.923. The molecule has 0 aliphatic carbocycles. The van der Waals surface area contributed by atoms with Crippen LogP contribution in [-0.2, 0) is 0 Å². The van der Waals surface area contributed by atoms with Crippen molar-refractivity contribution < 1.29 is 0 Å². The molecule has 0 aromatic heterocycles. The number of nitrogens with zero attached hydrogens (tertiary/aromatic N) is 2. The second-order valence-electron chi connectivity index (χ2n) is 5.87. The Morgan fingerprint density at radius 3 is 2.31 bits per heavy atom. The third-order valence-corrected chi connectivity index (χ3v) is 3.54. The van der Waals surface area contributed by atoms with Crippen LogP contribution in [-0.4, -0.2) is 30.5 Å². The van der Waals surface area contributed by atoms with Gasteiger partial charge in [0, 0.05) is 19.6 Å². The molecule has 0 spiro atoms. The van der Waals surface area contributed by atoms with Gasteiger partial charge in [0.25, 0.3) is 0 Å². The highest BCUT2D eigenvalue weighted by atomic mass is 15.3. The molecule has 0 aromatic rings. The van der Waals surface area contributed by atoms with Crippen molar-refractivity contribution in [3.8, 4) is 0 Å². The molecule has 0 bridgehead atoms. The summed E-state index contributed by atoms with van der Waals surface area (Å²) in [5.41, 5.74) is 6.40. The van der Waals surface area contributed by atoms with E-state index in [4.69, 9.17) is 5.73 Å². The quantitative estimate of drug-likeness (QED) is 0.579. The van der Waals surface area contributed by atoms with Gasteiger partial charge in [0.2, 0.25) is 0 Å². The summed E-state index contributed by atoms with van der Waals surface area (Å²) in [5, 5.41) is 0. The van der Waals surface area contributed by atoms with Gasteiger partial charge < -0.3 is 10.6 Å². The summed E-state index contributed by atoms with van der Waals surface area (Å²) in [6.07, 6.45) is 3.55. The highest BCUT2D eigenvalue weighted by molar-refractivity contribution is 5.78. The van der Waals surface area contributed by atoms with E-state index in [0.717, 1.165) is 37.9 Å². The van der Waals surface area contributed by atoms with Crippen molar-refractivity contribution in [3.63, 3.8) is 0 Å². The van der Waals surface area contributed by atoms with E-state index >= 15 is 0 Å². The van der Waals surface area contributed by atoms with E-state index in [9.17, 15) is 0 Å². The average molecular weight is 225 g/mol. The Bertz CT molecular complexity index is 232. The lowest BCUT2D eigenvalue weighted by Gasteiger charge is -2.39. The molecule has 0 radical (unpaired) electrons. The number of hydrogen-bond donors (Lipinski definition) is 1. The average Bonchev–Trinajstić information content (AvgIpc) is 2.25. The van der Waals surface area contributed by atoms with Gasteiger partial charge in [0.1, 0.15) is 0 Å². The second kappa shape index (κ2) is 5.55. The number of guanidine groups is 1. The molecule has 0 aromatic carbocycles. The third-order valence-electron chi connectivity index (χ3n) is 3.54. The Morgan fingerprint density at radius 1 is 1.31 bits per heavy atom. The van der Waals surface area contributed by atoms with Gasteiger partial charge in [-0.2, -0.15) is 0 Å². The first kappa shape index (κ1) is 13.3. The van der Waals surface area contributed by atoms with Crippen LogP contribution in [0.3, 0.4) is 0 Å². The maximum absolute atomic E-state index is 5.96. The predicted molar refractivity (Wildman–Crippen MR) is 70.5 cm³/mol. The summed E-state index contributed by atoms with van der Waals surface area (Å²) in [6, 6.07) is 0. The van der Waals surface area contributed by atoms with Gasteiger partial charge in [0.05, 0.1) is 0 Å². The monoisotopic (exact) mass is 225 g/mol. The van der Waals surface area contributed by atoms with Crippen LogP contribution in [0, 0.1) is 11.3 Å². The van der Waals surface area contributed by atoms with Gasteiger partial charge in [-0.25, -0.2) is 0 Å². The van der Waals surface area contributed by atoms with E-state index in [1.54, 1.807) is 0 Å². The minimum atomic E-state index is 0.432. The molecule has 1 aliphatic heterocycles. The number of piperidine rings is 1. The first-order valence-electron chi connectivity index (χ1n) is 6.50. The van der Waals surface area contributed by atoms with Crippen LogP contribution in [0.25, 0.3) is 0 Å². The topological polar surface area (TPSA) is 41.6 Å². The standard InChI is InChI=1S/C13H27N3/c1-5-8-15-12(14)16-9-6-11(7-10-16)13(2,3)4/h11H,5-10H2,1-4H3,(H2,14,15). The van der Waals surface area contributed by atoms with E-state index in [1.165, 1.54) is 12.8 Å². The molecule has 1 fully saturated rings. The lowest BCUT2D eigenvalue weighted by Crippen LogP contribution is -2.44. The molecule has 0 amide bonds. The molecule has 0 atom stereocenters. The predicted octanol–water partition coefficient (Wildman–Crippen LogP) is 2.47. The molecular weight excluding hydrogens is 198 g/mol. The minimum Gasteiger partial charge on any atom is -0.370 e. The first-order chi connectivity index (χ1) is 7.45. The second-order valence-corrected chi connectivity index (χ2v) is 5.87. The molecule has 3 heteroatoms. The van der Waals surface area contributed by atoms with Crippen LogP contribution >= 0.6 is 0 Å². The smallest absolute Gasteiger partial charge is 0.191 e. The van der Waals surface area contributed by atoms with Crippen molar-refractivity contribution in [1.82, 2.24) is 4.90 Å². The van der Waals surface area contributed by atoms with Crippen molar-refractivity contribution in [2.24, 2.45) is 22.1 Å². The molecule has 2 N–H and O–H groups in total. The van der Waals surface area contributed by atoms with E-state index in [2.05, 4.69) is 37.6 Å². The molecule has 1 aliphatic rings.